The fraction of sp³-hybridized carbons (Fsp3) is 0.588. The smallest absolute Gasteiger partial charge is 0.326 e. The van der Waals surface area contributed by atoms with Crippen molar-refractivity contribution in [3.8, 4) is 0 Å². The Morgan fingerprint density at radius 3 is 2.62 bits per heavy atom. The van der Waals surface area contributed by atoms with E-state index in [1.165, 1.54) is 0 Å². The van der Waals surface area contributed by atoms with Crippen molar-refractivity contribution in [2.24, 2.45) is 5.92 Å². The molecule has 2 rings (SSSR count). The van der Waals surface area contributed by atoms with E-state index in [1.807, 2.05) is 0 Å². The van der Waals surface area contributed by atoms with Crippen molar-refractivity contribution in [1.82, 2.24) is 5.32 Å². The molecule has 1 heterocycles. The van der Waals surface area contributed by atoms with E-state index in [9.17, 15) is 18.0 Å². The molecule has 1 fully saturated rings. The molecular formula is C17H24ClF3N2O. The third-order valence-electron chi connectivity index (χ3n) is 4.15. The molecule has 0 radical (unpaired) electrons. The zero-order chi connectivity index (χ0) is 16.7. The minimum Gasteiger partial charge on any atom is -0.326 e. The highest BCUT2D eigenvalue weighted by Gasteiger charge is 2.26. The predicted octanol–water partition coefficient (Wildman–Crippen LogP) is 4.32. The zero-order valence-corrected chi connectivity index (χ0v) is 14.3. The molecule has 1 saturated heterocycles. The number of hydrogen-bond donors (Lipinski definition) is 2. The lowest BCUT2D eigenvalue weighted by Crippen LogP contribution is -2.28. The van der Waals surface area contributed by atoms with Crippen LogP contribution in [0.4, 0.5) is 18.9 Å². The molecule has 0 bridgehead atoms. The Bertz CT molecular complexity index is 517. The summed E-state index contributed by atoms with van der Waals surface area (Å²) in [5, 5.41) is 6.07. The van der Waals surface area contributed by atoms with Crippen molar-refractivity contribution in [3.63, 3.8) is 0 Å². The molecule has 1 aliphatic heterocycles. The van der Waals surface area contributed by atoms with E-state index < -0.39 is 12.6 Å². The first-order valence-corrected chi connectivity index (χ1v) is 8.08. The number of carbonyl (C=O) groups excluding carboxylic acids is 1. The summed E-state index contributed by atoms with van der Waals surface area (Å²) < 4.78 is 36.8. The molecule has 1 aromatic rings. The first kappa shape index (κ1) is 20.8. The Balaban J connectivity index is 0.00000288. The van der Waals surface area contributed by atoms with Crippen molar-refractivity contribution < 1.29 is 18.0 Å². The Kier molecular flexibility index (Phi) is 8.56. The van der Waals surface area contributed by atoms with Crippen LogP contribution in [0.25, 0.3) is 0 Å². The summed E-state index contributed by atoms with van der Waals surface area (Å²) in [4.78, 5) is 12.0. The van der Waals surface area contributed by atoms with Crippen LogP contribution in [-0.2, 0) is 11.2 Å². The minimum absolute atomic E-state index is 0. The highest BCUT2D eigenvalue weighted by atomic mass is 35.5. The zero-order valence-electron chi connectivity index (χ0n) is 13.5. The van der Waals surface area contributed by atoms with Gasteiger partial charge < -0.3 is 10.6 Å². The molecule has 0 aromatic heterocycles. The van der Waals surface area contributed by atoms with E-state index in [0.29, 0.717) is 23.6 Å². The number of aryl methyl sites for hydroxylation is 1. The molecule has 136 valence electrons. The quantitative estimate of drug-likeness (QED) is 0.789. The Morgan fingerprint density at radius 2 is 1.96 bits per heavy atom. The van der Waals surface area contributed by atoms with Gasteiger partial charge in [-0.15, -0.1) is 12.4 Å². The van der Waals surface area contributed by atoms with Crippen molar-refractivity contribution in [2.75, 3.05) is 18.4 Å². The van der Waals surface area contributed by atoms with E-state index in [-0.39, 0.29) is 24.7 Å². The van der Waals surface area contributed by atoms with E-state index >= 15 is 0 Å². The van der Waals surface area contributed by atoms with Gasteiger partial charge in [0, 0.05) is 18.5 Å². The van der Waals surface area contributed by atoms with Gasteiger partial charge in [-0.05, 0) is 62.4 Å². The molecule has 1 aromatic carbocycles. The maximum absolute atomic E-state index is 12.3. The van der Waals surface area contributed by atoms with Gasteiger partial charge in [0.15, 0.2) is 0 Å². The van der Waals surface area contributed by atoms with Crippen molar-refractivity contribution in [3.05, 3.63) is 29.8 Å². The van der Waals surface area contributed by atoms with Gasteiger partial charge in [0.2, 0.25) is 5.91 Å². The third kappa shape index (κ3) is 8.02. The number of hydrogen-bond acceptors (Lipinski definition) is 2. The molecule has 0 unspecified atom stereocenters. The lowest BCUT2D eigenvalue weighted by atomic mass is 9.93. The average Bonchev–Trinajstić information content (AvgIpc) is 2.52. The number of carbonyl (C=O) groups is 1. The molecule has 3 nitrogen and oxygen atoms in total. The summed E-state index contributed by atoms with van der Waals surface area (Å²) in [6, 6.07) is 6.65. The van der Waals surface area contributed by atoms with Crippen LogP contribution in [-0.4, -0.2) is 25.2 Å². The first-order chi connectivity index (χ1) is 10.9. The van der Waals surface area contributed by atoms with Gasteiger partial charge in [0.1, 0.15) is 0 Å². The topological polar surface area (TPSA) is 41.1 Å². The van der Waals surface area contributed by atoms with Gasteiger partial charge in [-0.25, -0.2) is 0 Å². The van der Waals surface area contributed by atoms with Crippen LogP contribution in [0, 0.1) is 5.92 Å². The molecule has 7 heteroatoms. The fourth-order valence-corrected chi connectivity index (χ4v) is 2.82. The highest BCUT2D eigenvalue weighted by Crippen LogP contribution is 2.23. The van der Waals surface area contributed by atoms with E-state index in [0.717, 1.165) is 32.4 Å². The van der Waals surface area contributed by atoms with Crippen molar-refractivity contribution in [1.29, 1.82) is 0 Å². The molecule has 0 atom stereocenters. The summed E-state index contributed by atoms with van der Waals surface area (Å²) in [6.07, 6.45) is -1.56. The maximum atomic E-state index is 12.3. The van der Waals surface area contributed by atoms with Gasteiger partial charge in [0.25, 0.3) is 0 Å². The van der Waals surface area contributed by atoms with Crippen molar-refractivity contribution >= 4 is 24.0 Å². The second-order valence-corrected chi connectivity index (χ2v) is 6.10. The van der Waals surface area contributed by atoms with E-state index in [1.54, 1.807) is 24.3 Å². The lowest BCUT2D eigenvalue weighted by Gasteiger charge is -2.22. The molecular weight excluding hydrogens is 341 g/mol. The number of piperidine rings is 1. The van der Waals surface area contributed by atoms with Crippen LogP contribution < -0.4 is 10.6 Å². The average molecular weight is 365 g/mol. The summed E-state index contributed by atoms with van der Waals surface area (Å²) in [7, 11) is 0. The van der Waals surface area contributed by atoms with E-state index in [2.05, 4.69) is 10.6 Å². The van der Waals surface area contributed by atoms with Crippen LogP contribution in [0.2, 0.25) is 0 Å². The number of nitrogens with one attached hydrogen (secondary N) is 2. The highest BCUT2D eigenvalue weighted by molar-refractivity contribution is 5.90. The SMILES string of the molecule is Cl.O=C(CCC1CCNCC1)Nc1cccc(CCC(F)(F)F)c1. The Morgan fingerprint density at radius 1 is 1.25 bits per heavy atom. The number of halogens is 4. The van der Waals surface area contributed by atoms with Gasteiger partial charge in [-0.1, -0.05) is 12.1 Å². The van der Waals surface area contributed by atoms with Crippen LogP contribution in [0.1, 0.15) is 37.7 Å². The monoisotopic (exact) mass is 364 g/mol. The second kappa shape index (κ2) is 9.89. The number of alkyl halides is 3. The molecule has 1 aliphatic rings. The minimum atomic E-state index is -4.16. The van der Waals surface area contributed by atoms with Gasteiger partial charge in [0.05, 0.1) is 0 Å². The van der Waals surface area contributed by atoms with Gasteiger partial charge in [-0.3, -0.25) is 4.79 Å². The number of amides is 1. The third-order valence-corrected chi connectivity index (χ3v) is 4.15. The normalized spacial score (nSPS) is 15.6. The van der Waals surface area contributed by atoms with Crippen LogP contribution in [0.15, 0.2) is 24.3 Å². The van der Waals surface area contributed by atoms with Gasteiger partial charge in [-0.2, -0.15) is 13.2 Å². The molecule has 0 spiro atoms. The largest absolute Gasteiger partial charge is 0.389 e. The number of rotatable bonds is 6. The summed E-state index contributed by atoms with van der Waals surface area (Å²) >= 11 is 0. The molecule has 0 saturated carbocycles. The molecule has 0 aliphatic carbocycles. The first-order valence-electron chi connectivity index (χ1n) is 8.08. The number of anilines is 1. The van der Waals surface area contributed by atoms with Crippen LogP contribution in [0.5, 0.6) is 0 Å². The second-order valence-electron chi connectivity index (χ2n) is 6.10. The summed E-state index contributed by atoms with van der Waals surface area (Å²) in [5.74, 6) is 0.511. The Labute approximate surface area is 146 Å². The van der Waals surface area contributed by atoms with E-state index in [4.69, 9.17) is 0 Å². The maximum Gasteiger partial charge on any atom is 0.389 e. The molecule has 1 amide bonds. The Hall–Kier alpha value is -1.27. The summed E-state index contributed by atoms with van der Waals surface area (Å²) in [6.45, 7) is 2.01. The van der Waals surface area contributed by atoms with Crippen molar-refractivity contribution in [2.45, 2.75) is 44.7 Å². The fourth-order valence-electron chi connectivity index (χ4n) is 2.82. The summed E-state index contributed by atoms with van der Waals surface area (Å²) in [5.41, 5.74) is 1.15. The predicted molar refractivity (Wildman–Crippen MR) is 91.5 cm³/mol. The molecule has 2 N–H and O–H groups in total. The number of benzene rings is 1. The lowest BCUT2D eigenvalue weighted by molar-refractivity contribution is -0.134. The standard InChI is InChI=1S/C17H23F3N2O.ClH/c18-17(19,20)9-6-14-2-1-3-15(12-14)22-16(23)5-4-13-7-10-21-11-8-13;/h1-3,12-13,21H,4-11H2,(H,22,23);1H. The van der Waals surface area contributed by atoms with Crippen LogP contribution in [0.3, 0.4) is 0 Å². The molecule has 24 heavy (non-hydrogen) atoms. The van der Waals surface area contributed by atoms with Crippen LogP contribution >= 0.6 is 12.4 Å². The van der Waals surface area contributed by atoms with Gasteiger partial charge >= 0.3 is 6.18 Å².